The Hall–Kier alpha value is -9.40. The first kappa shape index (κ1) is 62.8. The molecule has 0 saturated heterocycles. The molecule has 8 nitrogen and oxygen atoms in total. The lowest BCUT2D eigenvalue weighted by Crippen LogP contribution is -2.19. The molecule has 0 spiro atoms. The Kier molecular flexibility index (Phi) is 16.8. The molecule has 0 bridgehead atoms. The second-order valence-electron chi connectivity index (χ2n) is 28.7. The number of rotatable bonds is 16. The third-order valence-electron chi connectivity index (χ3n) is 18.5. The Morgan fingerprint density at radius 3 is 0.620 bits per heavy atom. The highest BCUT2D eigenvalue weighted by atomic mass is 15.2. The van der Waals surface area contributed by atoms with Crippen LogP contribution in [0, 0.1) is 0 Å². The van der Waals surface area contributed by atoms with Gasteiger partial charge in [-0.15, -0.1) is 0 Å². The molecule has 466 valence electrons. The number of nitrogens with zero attached hydrogens (tertiary/aromatic N) is 8. The van der Waals surface area contributed by atoms with Gasteiger partial charge in [-0.1, -0.05) is 184 Å². The van der Waals surface area contributed by atoms with Crippen molar-refractivity contribution in [1.82, 2.24) is 19.9 Å². The molecule has 4 aromatic heterocycles. The summed E-state index contributed by atoms with van der Waals surface area (Å²) in [5.74, 6) is 0. The zero-order valence-electron chi connectivity index (χ0n) is 57.0. The zero-order valence-corrected chi connectivity index (χ0v) is 57.0. The van der Waals surface area contributed by atoms with Crippen LogP contribution in [0.25, 0.3) is 32.3 Å². The van der Waals surface area contributed by atoms with Crippen LogP contribution in [0.1, 0.15) is 156 Å². The van der Waals surface area contributed by atoms with Crippen molar-refractivity contribution in [3.8, 4) is 0 Å². The van der Waals surface area contributed by atoms with Crippen molar-refractivity contribution in [2.24, 2.45) is 0 Å². The van der Waals surface area contributed by atoms with Gasteiger partial charge in [-0.25, -0.2) is 0 Å². The van der Waals surface area contributed by atoms with Crippen molar-refractivity contribution in [2.75, 3.05) is 19.6 Å². The average Bonchev–Trinajstić information content (AvgIpc) is 0.700. The molecule has 0 N–H and O–H groups in total. The van der Waals surface area contributed by atoms with Crippen molar-refractivity contribution in [1.29, 1.82) is 0 Å². The smallest absolute Gasteiger partial charge is 0.0677 e. The molecular formula is C84H90N8. The Morgan fingerprint density at radius 2 is 0.446 bits per heavy atom. The highest BCUT2D eigenvalue weighted by Gasteiger charge is 2.32. The molecule has 0 saturated carbocycles. The molecule has 12 rings (SSSR count). The monoisotopic (exact) mass is 1210 g/mol. The van der Waals surface area contributed by atoms with Crippen LogP contribution in [0.5, 0.6) is 0 Å². The number of hydrogen-bond donors (Lipinski definition) is 0. The molecule has 0 unspecified atom stereocenters. The normalized spacial score (nSPS) is 12.3. The van der Waals surface area contributed by atoms with Crippen LogP contribution >= 0.6 is 0 Å². The van der Waals surface area contributed by atoms with Gasteiger partial charge >= 0.3 is 0 Å². The number of aromatic nitrogens is 4. The summed E-state index contributed by atoms with van der Waals surface area (Å²) in [6.45, 7) is 36.3. The van der Waals surface area contributed by atoms with Gasteiger partial charge in [0.1, 0.15) is 0 Å². The lowest BCUT2D eigenvalue weighted by atomic mass is 9.86. The summed E-state index contributed by atoms with van der Waals surface area (Å²) in [6, 6.07) is 68.8. The maximum absolute atomic E-state index is 5.15. The van der Waals surface area contributed by atoms with Crippen LogP contribution in [0.3, 0.4) is 0 Å². The first-order chi connectivity index (χ1) is 44.0. The van der Waals surface area contributed by atoms with E-state index in [0.717, 1.165) is 149 Å². The van der Waals surface area contributed by atoms with Gasteiger partial charge in [-0.3, -0.25) is 19.9 Å². The van der Waals surface area contributed by atoms with Gasteiger partial charge in [0.05, 0.1) is 68.3 Å². The third kappa shape index (κ3) is 11.7. The van der Waals surface area contributed by atoms with Gasteiger partial charge in [0.25, 0.3) is 0 Å². The molecule has 0 fully saturated rings. The lowest BCUT2D eigenvalue weighted by Gasteiger charge is -2.35. The maximum Gasteiger partial charge on any atom is 0.0677 e. The van der Waals surface area contributed by atoms with E-state index in [0.29, 0.717) is 0 Å². The van der Waals surface area contributed by atoms with E-state index in [1.807, 2.05) is 24.8 Å². The summed E-state index contributed by atoms with van der Waals surface area (Å²) in [5.41, 5.74) is 21.3. The summed E-state index contributed by atoms with van der Waals surface area (Å²) in [5, 5.41) is 6.70. The van der Waals surface area contributed by atoms with Crippen molar-refractivity contribution in [3.05, 3.63) is 252 Å². The van der Waals surface area contributed by atoms with Gasteiger partial charge in [0.15, 0.2) is 0 Å². The van der Waals surface area contributed by atoms with Gasteiger partial charge in [-0.05, 0) is 179 Å². The molecule has 0 amide bonds. The molecular weight excluding hydrogens is 1120 g/mol. The minimum absolute atomic E-state index is 0.0575. The van der Waals surface area contributed by atoms with Crippen molar-refractivity contribution in [3.63, 3.8) is 0 Å². The van der Waals surface area contributed by atoms with Crippen molar-refractivity contribution < 1.29 is 0 Å². The van der Waals surface area contributed by atoms with Crippen LogP contribution in [-0.4, -0.2) is 19.9 Å². The largest absolute Gasteiger partial charge is 0.308 e. The van der Waals surface area contributed by atoms with E-state index in [2.05, 4.69) is 312 Å². The Morgan fingerprint density at radius 1 is 0.250 bits per heavy atom. The highest BCUT2D eigenvalue weighted by Crippen LogP contribution is 2.56. The van der Waals surface area contributed by atoms with Crippen molar-refractivity contribution in [2.45, 2.75) is 158 Å². The minimum atomic E-state index is -0.0575. The Labute approximate surface area is 547 Å². The molecule has 0 aliphatic carbocycles. The lowest BCUT2D eigenvalue weighted by molar-refractivity contribution is 0.590. The predicted octanol–water partition coefficient (Wildman–Crippen LogP) is 23.5. The fourth-order valence-electron chi connectivity index (χ4n) is 13.4. The van der Waals surface area contributed by atoms with E-state index in [1.54, 1.807) is 0 Å². The Balaban J connectivity index is 1.32. The standard InChI is InChI=1S/C84H90N8/c1-17-67-71(25-21-49-85-67)89(59-37-29-55(30-38-59)81(5,6)7)75-53-76(90(72-26-22-50-86-68(72)18-2)60-39-31-56(32-40-60)82(8,9)10)64-47-48-66-78(92(74-28-24-52-88-70(74)20-4)62-43-35-58(36-44-62)84(14,15)16)54-77(65-46-45-63(75)79(64)80(65)66)91(73-27-23-51-87-69(73)19-3)61-41-33-57(34-42-61)83(11,12)13/h21-54H,17-20H2,1-16H3. The van der Waals surface area contributed by atoms with Crippen LogP contribution in [-0.2, 0) is 47.3 Å². The fraction of sp³-hybridized carbons (Fsp3) is 0.286. The average molecular weight is 1210 g/mol. The van der Waals surface area contributed by atoms with E-state index in [4.69, 9.17) is 19.9 Å². The third-order valence-corrected chi connectivity index (χ3v) is 18.5. The summed E-state index contributed by atoms with van der Waals surface area (Å²) < 4.78 is 0. The molecule has 0 aliphatic rings. The topological polar surface area (TPSA) is 64.5 Å². The van der Waals surface area contributed by atoms with Gasteiger partial charge in [0, 0.05) is 79.9 Å². The number of hydrogen-bond acceptors (Lipinski definition) is 8. The maximum atomic E-state index is 5.15. The van der Waals surface area contributed by atoms with E-state index in [-0.39, 0.29) is 21.7 Å². The van der Waals surface area contributed by atoms with E-state index in [1.165, 1.54) is 22.3 Å². The van der Waals surface area contributed by atoms with E-state index < -0.39 is 0 Å². The molecule has 92 heavy (non-hydrogen) atoms. The predicted molar refractivity (Wildman–Crippen MR) is 392 cm³/mol. The number of anilines is 12. The number of aryl methyl sites for hydroxylation is 4. The van der Waals surface area contributed by atoms with E-state index in [9.17, 15) is 0 Å². The second-order valence-corrected chi connectivity index (χ2v) is 28.7. The number of pyridine rings is 4. The molecule has 8 aromatic carbocycles. The first-order valence-electron chi connectivity index (χ1n) is 33.2. The molecule has 0 atom stereocenters. The summed E-state index contributed by atoms with van der Waals surface area (Å²) in [7, 11) is 0. The zero-order chi connectivity index (χ0) is 65.0. The van der Waals surface area contributed by atoms with Gasteiger partial charge in [-0.2, -0.15) is 0 Å². The first-order valence-corrected chi connectivity index (χ1v) is 33.2. The van der Waals surface area contributed by atoms with Crippen LogP contribution in [0.4, 0.5) is 68.2 Å². The minimum Gasteiger partial charge on any atom is -0.308 e. The summed E-state index contributed by atoms with van der Waals surface area (Å²) in [6.07, 6.45) is 10.7. The van der Waals surface area contributed by atoms with Crippen LogP contribution in [0.2, 0.25) is 0 Å². The van der Waals surface area contributed by atoms with Crippen LogP contribution < -0.4 is 19.6 Å². The molecule has 0 radical (unpaired) electrons. The summed E-state index contributed by atoms with van der Waals surface area (Å²) >= 11 is 0. The van der Waals surface area contributed by atoms with Gasteiger partial charge in [0.2, 0.25) is 0 Å². The van der Waals surface area contributed by atoms with E-state index >= 15 is 0 Å². The molecule has 8 heteroatoms. The fourth-order valence-corrected chi connectivity index (χ4v) is 13.4. The second kappa shape index (κ2) is 24.7. The number of benzene rings is 8. The van der Waals surface area contributed by atoms with Crippen LogP contribution in [0.15, 0.2) is 207 Å². The molecule has 0 aliphatic heterocycles. The quantitative estimate of drug-likeness (QED) is 0.0887. The highest BCUT2D eigenvalue weighted by molar-refractivity contribution is 6.33. The summed E-state index contributed by atoms with van der Waals surface area (Å²) in [4.78, 5) is 30.5. The van der Waals surface area contributed by atoms with Crippen molar-refractivity contribution >= 4 is 101 Å². The molecule has 4 heterocycles. The SMILES string of the molecule is CCc1ncccc1N(c1ccc(C(C)(C)C)cc1)c1cc(N(c2ccc(C(C)(C)C)cc2)c2cccnc2CC)c2ccc3c(N(c4ccc(C(C)(C)C)cc4)c4cccnc4CC)cc(N(c4ccc(C(C)(C)C)cc4)c4cccnc4CC)c4ccc1c2c43. The van der Waals surface area contributed by atoms with Gasteiger partial charge < -0.3 is 19.6 Å². The molecule has 12 aromatic rings. The Bertz CT molecular complexity index is 4010.